The van der Waals surface area contributed by atoms with Gasteiger partial charge >= 0.3 is 0 Å². The maximum atomic E-state index is 12.2. The number of likely N-dealkylation sites (tertiary alicyclic amines) is 1. The summed E-state index contributed by atoms with van der Waals surface area (Å²) in [5.74, 6) is 0.0306. The van der Waals surface area contributed by atoms with E-state index < -0.39 is 5.60 Å². The second-order valence-corrected chi connectivity index (χ2v) is 5.59. The Morgan fingerprint density at radius 1 is 1.50 bits per heavy atom. The number of halogens is 1. The number of carbonyl (C=O) groups excluding carboxylic acids is 1. The van der Waals surface area contributed by atoms with E-state index in [1.807, 2.05) is 18.2 Å². The number of aliphatic hydroxyl groups is 1. The first-order valence-electron chi connectivity index (χ1n) is 6.21. The molecule has 1 heterocycles. The lowest BCUT2D eigenvalue weighted by Crippen LogP contribution is -2.49. The molecule has 1 N–H and O–H groups in total. The molecule has 0 aromatic heterocycles. The summed E-state index contributed by atoms with van der Waals surface area (Å²) in [6, 6.07) is 7.38. The van der Waals surface area contributed by atoms with Crippen LogP contribution in [-0.2, 0) is 11.2 Å². The summed E-state index contributed by atoms with van der Waals surface area (Å²) in [6.07, 6.45) is 1.90. The predicted octanol–water partition coefficient (Wildman–Crippen LogP) is 2.26. The minimum absolute atomic E-state index is 0.0306. The van der Waals surface area contributed by atoms with E-state index in [1.165, 1.54) is 0 Å². The predicted molar refractivity (Wildman–Crippen MR) is 71.6 cm³/mol. The summed E-state index contributed by atoms with van der Waals surface area (Å²) in [5.41, 5.74) is 0.0865. The molecule has 1 amide bonds. The van der Waals surface area contributed by atoms with E-state index in [9.17, 15) is 9.90 Å². The van der Waals surface area contributed by atoms with Crippen LogP contribution in [0.25, 0.3) is 0 Å². The lowest BCUT2D eigenvalue weighted by molar-refractivity contribution is -0.136. The summed E-state index contributed by atoms with van der Waals surface area (Å²) < 4.78 is 0. The lowest BCUT2D eigenvalue weighted by Gasteiger charge is -2.37. The van der Waals surface area contributed by atoms with Crippen LogP contribution in [0.1, 0.15) is 25.3 Å². The quantitative estimate of drug-likeness (QED) is 0.893. The first kappa shape index (κ1) is 13.4. The topological polar surface area (TPSA) is 40.5 Å². The highest BCUT2D eigenvalue weighted by Crippen LogP contribution is 2.22. The average molecular weight is 268 g/mol. The van der Waals surface area contributed by atoms with E-state index in [0.717, 1.165) is 24.9 Å². The number of nitrogens with zero attached hydrogens (tertiary/aromatic N) is 1. The van der Waals surface area contributed by atoms with Gasteiger partial charge in [-0.05, 0) is 31.4 Å². The van der Waals surface area contributed by atoms with Crippen molar-refractivity contribution in [1.29, 1.82) is 0 Å². The molecule has 1 aliphatic heterocycles. The van der Waals surface area contributed by atoms with Gasteiger partial charge in [0.1, 0.15) is 0 Å². The fourth-order valence-electron chi connectivity index (χ4n) is 2.35. The van der Waals surface area contributed by atoms with E-state index >= 15 is 0 Å². The minimum Gasteiger partial charge on any atom is -0.388 e. The molecule has 4 heteroatoms. The number of carbonyl (C=O) groups is 1. The van der Waals surface area contributed by atoms with Crippen LogP contribution in [0.4, 0.5) is 0 Å². The van der Waals surface area contributed by atoms with Gasteiger partial charge in [0.05, 0.1) is 12.0 Å². The molecule has 1 fully saturated rings. The number of amides is 1. The number of benzene rings is 1. The fourth-order valence-corrected chi connectivity index (χ4v) is 2.55. The number of rotatable bonds is 2. The third-order valence-electron chi connectivity index (χ3n) is 3.33. The Bertz CT molecular complexity index is 445. The van der Waals surface area contributed by atoms with Crippen molar-refractivity contribution < 1.29 is 9.90 Å². The molecule has 3 nitrogen and oxygen atoms in total. The van der Waals surface area contributed by atoms with Crippen molar-refractivity contribution in [2.75, 3.05) is 13.1 Å². The van der Waals surface area contributed by atoms with Crippen molar-refractivity contribution in [2.24, 2.45) is 0 Å². The molecular formula is C14H18ClNO2. The van der Waals surface area contributed by atoms with Crippen LogP contribution in [0, 0.1) is 0 Å². The van der Waals surface area contributed by atoms with Crippen LogP contribution in [0.5, 0.6) is 0 Å². The molecule has 18 heavy (non-hydrogen) atoms. The Labute approximate surface area is 112 Å². The molecule has 98 valence electrons. The van der Waals surface area contributed by atoms with Crippen molar-refractivity contribution in [1.82, 2.24) is 4.90 Å². The van der Waals surface area contributed by atoms with Crippen LogP contribution in [0.3, 0.4) is 0 Å². The van der Waals surface area contributed by atoms with Crippen molar-refractivity contribution >= 4 is 17.5 Å². The number of hydrogen-bond acceptors (Lipinski definition) is 2. The highest BCUT2D eigenvalue weighted by Gasteiger charge is 2.30. The monoisotopic (exact) mass is 267 g/mol. The summed E-state index contributed by atoms with van der Waals surface area (Å²) in [7, 11) is 0. The minimum atomic E-state index is -0.756. The van der Waals surface area contributed by atoms with Crippen LogP contribution >= 0.6 is 11.6 Å². The van der Waals surface area contributed by atoms with Crippen molar-refractivity contribution in [3.63, 3.8) is 0 Å². The Hall–Kier alpha value is -1.06. The Balaban J connectivity index is 2.02. The maximum Gasteiger partial charge on any atom is 0.227 e. The first-order chi connectivity index (χ1) is 8.48. The molecule has 0 saturated carbocycles. The third kappa shape index (κ3) is 3.24. The molecule has 0 spiro atoms. The normalized spacial score (nSPS) is 24.1. The van der Waals surface area contributed by atoms with Gasteiger partial charge in [-0.3, -0.25) is 4.79 Å². The summed E-state index contributed by atoms with van der Waals surface area (Å²) in [5, 5.41) is 10.6. The third-order valence-corrected chi connectivity index (χ3v) is 3.70. The first-order valence-corrected chi connectivity index (χ1v) is 6.59. The molecule has 1 saturated heterocycles. The zero-order chi connectivity index (χ0) is 13.2. The van der Waals surface area contributed by atoms with E-state index in [4.69, 9.17) is 11.6 Å². The molecule has 1 atom stereocenters. The average Bonchev–Trinajstić information content (AvgIpc) is 2.31. The van der Waals surface area contributed by atoms with Gasteiger partial charge in [0.25, 0.3) is 0 Å². The molecule has 1 aromatic rings. The van der Waals surface area contributed by atoms with Crippen LogP contribution in [0.15, 0.2) is 24.3 Å². The molecule has 0 radical (unpaired) electrons. The Morgan fingerprint density at radius 2 is 2.22 bits per heavy atom. The summed E-state index contributed by atoms with van der Waals surface area (Å²) >= 11 is 6.04. The van der Waals surface area contributed by atoms with Gasteiger partial charge in [0.15, 0.2) is 0 Å². The van der Waals surface area contributed by atoms with E-state index in [-0.39, 0.29) is 5.91 Å². The van der Waals surface area contributed by atoms with Crippen LogP contribution in [0.2, 0.25) is 5.02 Å². The van der Waals surface area contributed by atoms with E-state index in [2.05, 4.69) is 0 Å². The highest BCUT2D eigenvalue weighted by atomic mass is 35.5. The van der Waals surface area contributed by atoms with Gasteiger partial charge in [-0.15, -0.1) is 0 Å². The van der Waals surface area contributed by atoms with Gasteiger partial charge in [0.2, 0.25) is 5.91 Å². The van der Waals surface area contributed by atoms with Crippen molar-refractivity contribution in [3.8, 4) is 0 Å². The number of hydrogen-bond donors (Lipinski definition) is 1. The van der Waals surface area contributed by atoms with Crippen molar-refractivity contribution in [3.05, 3.63) is 34.9 Å². The largest absolute Gasteiger partial charge is 0.388 e. The van der Waals surface area contributed by atoms with E-state index in [0.29, 0.717) is 18.0 Å². The second kappa shape index (κ2) is 5.29. The van der Waals surface area contributed by atoms with Crippen LogP contribution in [-0.4, -0.2) is 34.6 Å². The Kier molecular flexibility index (Phi) is 3.93. The maximum absolute atomic E-state index is 12.2. The van der Waals surface area contributed by atoms with Gasteiger partial charge in [0, 0.05) is 18.1 Å². The SMILES string of the molecule is CC1(O)CCCN(C(=O)Cc2ccccc2Cl)C1. The number of piperidine rings is 1. The smallest absolute Gasteiger partial charge is 0.227 e. The molecule has 1 aromatic carbocycles. The van der Waals surface area contributed by atoms with Gasteiger partial charge < -0.3 is 10.0 Å². The van der Waals surface area contributed by atoms with Gasteiger partial charge in [-0.1, -0.05) is 29.8 Å². The molecular weight excluding hydrogens is 250 g/mol. The molecule has 2 rings (SSSR count). The van der Waals surface area contributed by atoms with Crippen molar-refractivity contribution in [2.45, 2.75) is 31.8 Å². The fraction of sp³-hybridized carbons (Fsp3) is 0.500. The summed E-state index contributed by atoms with van der Waals surface area (Å²) in [4.78, 5) is 13.9. The Morgan fingerprint density at radius 3 is 2.89 bits per heavy atom. The zero-order valence-corrected chi connectivity index (χ0v) is 11.3. The van der Waals surface area contributed by atoms with Gasteiger partial charge in [-0.2, -0.15) is 0 Å². The van der Waals surface area contributed by atoms with E-state index in [1.54, 1.807) is 17.9 Å². The summed E-state index contributed by atoms with van der Waals surface area (Å²) in [6.45, 7) is 2.91. The number of β-amino-alcohol motifs (C(OH)–C–C–N with tert-alkyl or cyclic N) is 1. The van der Waals surface area contributed by atoms with Crippen LogP contribution < -0.4 is 0 Å². The molecule has 1 aliphatic rings. The molecule has 1 unspecified atom stereocenters. The highest BCUT2D eigenvalue weighted by molar-refractivity contribution is 6.31. The second-order valence-electron chi connectivity index (χ2n) is 5.18. The standard InChI is InChI=1S/C14H18ClNO2/c1-14(18)7-4-8-16(10-14)13(17)9-11-5-2-3-6-12(11)15/h2-3,5-6,18H,4,7-10H2,1H3. The molecule has 0 aliphatic carbocycles. The molecule has 0 bridgehead atoms. The lowest BCUT2D eigenvalue weighted by atomic mass is 9.95. The zero-order valence-electron chi connectivity index (χ0n) is 10.5. The van der Waals surface area contributed by atoms with Gasteiger partial charge in [-0.25, -0.2) is 0 Å².